The number of aromatic nitrogens is 1. The van der Waals surface area contributed by atoms with E-state index in [-0.39, 0.29) is 12.1 Å². The number of amides is 2. The number of nitrogens with zero attached hydrogens (tertiary/aromatic N) is 2. The maximum atomic E-state index is 12.5. The van der Waals surface area contributed by atoms with Crippen molar-refractivity contribution < 1.29 is 14.1 Å². The van der Waals surface area contributed by atoms with Crippen molar-refractivity contribution in [1.82, 2.24) is 10.1 Å². The van der Waals surface area contributed by atoms with Crippen molar-refractivity contribution in [3.63, 3.8) is 0 Å². The van der Waals surface area contributed by atoms with Gasteiger partial charge in [0.05, 0.1) is 23.2 Å². The summed E-state index contributed by atoms with van der Waals surface area (Å²) in [5.74, 6) is 0.579. The van der Waals surface area contributed by atoms with Gasteiger partial charge in [0.2, 0.25) is 0 Å². The normalized spacial score (nSPS) is 17.8. The summed E-state index contributed by atoms with van der Waals surface area (Å²) in [5, 5.41) is 7.64. The van der Waals surface area contributed by atoms with Crippen molar-refractivity contribution in [2.75, 3.05) is 25.0 Å². The molecule has 2 heterocycles. The first kappa shape index (κ1) is 17.1. The van der Waals surface area contributed by atoms with E-state index in [1.807, 2.05) is 6.07 Å². The smallest absolute Gasteiger partial charge is 0.322 e. The molecule has 3 rings (SSSR count). The Kier molecular flexibility index (Phi) is 4.99. The lowest BCUT2D eigenvalue weighted by atomic mass is 10.1. The minimum atomic E-state index is -0.246. The third kappa shape index (κ3) is 3.50. The number of benzene rings is 1. The molecule has 0 aliphatic carbocycles. The number of morpholine rings is 1. The van der Waals surface area contributed by atoms with Crippen LogP contribution in [0.4, 0.5) is 10.5 Å². The van der Waals surface area contributed by atoms with Gasteiger partial charge >= 0.3 is 6.03 Å². The molecule has 8 heteroatoms. The molecule has 2 amide bonds. The highest BCUT2D eigenvalue weighted by atomic mass is 35.5. The van der Waals surface area contributed by atoms with Gasteiger partial charge in [0.1, 0.15) is 17.5 Å². The van der Waals surface area contributed by atoms with Gasteiger partial charge in [-0.3, -0.25) is 0 Å². The number of carbonyl (C=O) groups is 1. The molecule has 2 aromatic rings. The van der Waals surface area contributed by atoms with Crippen LogP contribution in [0.15, 0.2) is 22.7 Å². The molecule has 1 atom stereocenters. The highest BCUT2D eigenvalue weighted by Gasteiger charge is 2.27. The Morgan fingerprint density at radius 2 is 2.12 bits per heavy atom. The molecular weight excluding hydrogens is 353 g/mol. The average Bonchev–Trinajstić information content (AvgIpc) is 2.89. The molecule has 1 N–H and O–H groups in total. The number of ether oxygens (including phenoxy) is 1. The largest absolute Gasteiger partial charge is 0.370 e. The average molecular weight is 370 g/mol. The molecule has 1 fully saturated rings. The van der Waals surface area contributed by atoms with Crippen LogP contribution in [0.25, 0.3) is 0 Å². The first-order valence-electron chi connectivity index (χ1n) is 7.51. The lowest BCUT2D eigenvalue weighted by molar-refractivity contribution is -0.0135. The summed E-state index contributed by atoms with van der Waals surface area (Å²) in [6.45, 7) is 4.91. The van der Waals surface area contributed by atoms with Gasteiger partial charge in [0.25, 0.3) is 0 Å². The summed E-state index contributed by atoms with van der Waals surface area (Å²) in [6, 6.07) is 5.14. The molecule has 1 aromatic heterocycles. The van der Waals surface area contributed by atoms with E-state index in [0.29, 0.717) is 46.9 Å². The zero-order valence-corrected chi connectivity index (χ0v) is 14.8. The number of aryl methyl sites for hydroxylation is 2. The first-order chi connectivity index (χ1) is 11.5. The molecule has 0 bridgehead atoms. The third-order valence-electron chi connectivity index (χ3n) is 3.93. The van der Waals surface area contributed by atoms with Crippen LogP contribution in [0.5, 0.6) is 0 Å². The van der Waals surface area contributed by atoms with Gasteiger partial charge in [-0.15, -0.1) is 0 Å². The summed E-state index contributed by atoms with van der Waals surface area (Å²) in [6.07, 6.45) is -0.246. The lowest BCUT2D eigenvalue weighted by Gasteiger charge is -2.33. The second-order valence-electron chi connectivity index (χ2n) is 5.61. The summed E-state index contributed by atoms with van der Waals surface area (Å²) < 4.78 is 10.8. The molecular formula is C16H17Cl2N3O3. The monoisotopic (exact) mass is 369 g/mol. The standard InChI is InChI=1S/C16H17Cl2N3O3/c1-9-15(10(2)24-20-9)19-16(22)21-5-6-23-14(8-21)11-3-4-12(17)13(18)7-11/h3-4,7,14H,5-6,8H2,1-2H3,(H,19,22)/t14-/m0/s1. The molecule has 1 aliphatic heterocycles. The van der Waals surface area contributed by atoms with E-state index in [1.54, 1.807) is 30.9 Å². The van der Waals surface area contributed by atoms with Crippen LogP contribution in [0.3, 0.4) is 0 Å². The minimum Gasteiger partial charge on any atom is -0.370 e. The van der Waals surface area contributed by atoms with Crippen molar-refractivity contribution in [2.45, 2.75) is 20.0 Å². The molecule has 0 spiro atoms. The van der Waals surface area contributed by atoms with Gasteiger partial charge in [-0.1, -0.05) is 34.4 Å². The van der Waals surface area contributed by atoms with Crippen LogP contribution in [0.2, 0.25) is 10.0 Å². The van der Waals surface area contributed by atoms with E-state index in [9.17, 15) is 4.79 Å². The van der Waals surface area contributed by atoms with E-state index in [2.05, 4.69) is 10.5 Å². The third-order valence-corrected chi connectivity index (χ3v) is 4.67. The summed E-state index contributed by atoms with van der Waals surface area (Å²) in [7, 11) is 0. The van der Waals surface area contributed by atoms with Crippen LogP contribution in [0, 0.1) is 13.8 Å². The maximum Gasteiger partial charge on any atom is 0.322 e. The Labute approximate surface area is 149 Å². The van der Waals surface area contributed by atoms with Crippen LogP contribution in [0.1, 0.15) is 23.1 Å². The Hall–Kier alpha value is -1.76. The summed E-state index contributed by atoms with van der Waals surface area (Å²) in [5.41, 5.74) is 2.15. The second-order valence-corrected chi connectivity index (χ2v) is 6.42. The summed E-state index contributed by atoms with van der Waals surface area (Å²) >= 11 is 12.0. The Morgan fingerprint density at radius 3 is 2.79 bits per heavy atom. The quantitative estimate of drug-likeness (QED) is 0.860. The van der Waals surface area contributed by atoms with Gasteiger partial charge in [-0.2, -0.15) is 0 Å². The molecule has 6 nitrogen and oxygen atoms in total. The number of hydrogen-bond donors (Lipinski definition) is 1. The predicted octanol–water partition coefficient (Wildman–Crippen LogP) is 4.20. The number of nitrogens with one attached hydrogen (secondary N) is 1. The highest BCUT2D eigenvalue weighted by Crippen LogP contribution is 2.29. The molecule has 1 aliphatic rings. The van der Waals surface area contributed by atoms with Gasteiger partial charge in [0.15, 0.2) is 5.76 Å². The number of hydrogen-bond acceptors (Lipinski definition) is 4. The zero-order chi connectivity index (χ0) is 17.3. The van der Waals surface area contributed by atoms with Crippen molar-refractivity contribution in [3.05, 3.63) is 45.3 Å². The van der Waals surface area contributed by atoms with Crippen LogP contribution in [-0.2, 0) is 4.74 Å². The maximum absolute atomic E-state index is 12.5. The second kappa shape index (κ2) is 7.01. The van der Waals surface area contributed by atoms with Gasteiger partial charge in [0, 0.05) is 6.54 Å². The number of urea groups is 1. The molecule has 1 saturated heterocycles. The molecule has 0 unspecified atom stereocenters. The molecule has 1 aromatic carbocycles. The lowest BCUT2D eigenvalue weighted by Crippen LogP contribution is -2.44. The minimum absolute atomic E-state index is 0.210. The Balaban J connectivity index is 1.71. The van der Waals surface area contributed by atoms with Crippen molar-refractivity contribution in [3.8, 4) is 0 Å². The fourth-order valence-electron chi connectivity index (χ4n) is 2.60. The number of halogens is 2. The van der Waals surface area contributed by atoms with E-state index in [1.165, 1.54) is 0 Å². The van der Waals surface area contributed by atoms with Crippen molar-refractivity contribution in [2.24, 2.45) is 0 Å². The molecule has 128 valence electrons. The van der Waals surface area contributed by atoms with E-state index >= 15 is 0 Å². The number of carbonyl (C=O) groups excluding carboxylic acids is 1. The predicted molar refractivity (Wildman–Crippen MR) is 91.7 cm³/mol. The number of rotatable bonds is 2. The van der Waals surface area contributed by atoms with Crippen LogP contribution >= 0.6 is 23.2 Å². The topological polar surface area (TPSA) is 67.6 Å². The van der Waals surface area contributed by atoms with Crippen LogP contribution < -0.4 is 5.32 Å². The SMILES string of the molecule is Cc1noc(C)c1NC(=O)N1CCO[C@H](c2ccc(Cl)c(Cl)c2)C1. The fraction of sp³-hybridized carbons (Fsp3) is 0.375. The van der Waals surface area contributed by atoms with E-state index in [4.69, 9.17) is 32.5 Å². The molecule has 24 heavy (non-hydrogen) atoms. The zero-order valence-electron chi connectivity index (χ0n) is 13.3. The molecule has 0 saturated carbocycles. The highest BCUT2D eigenvalue weighted by molar-refractivity contribution is 6.42. The van der Waals surface area contributed by atoms with Gasteiger partial charge in [-0.25, -0.2) is 4.79 Å². The first-order valence-corrected chi connectivity index (χ1v) is 8.26. The Morgan fingerprint density at radius 1 is 1.33 bits per heavy atom. The molecule has 0 radical (unpaired) electrons. The van der Waals surface area contributed by atoms with Crippen molar-refractivity contribution >= 4 is 34.9 Å². The van der Waals surface area contributed by atoms with Gasteiger partial charge in [-0.05, 0) is 31.5 Å². The number of anilines is 1. The summed E-state index contributed by atoms with van der Waals surface area (Å²) in [4.78, 5) is 14.2. The van der Waals surface area contributed by atoms with E-state index in [0.717, 1.165) is 5.56 Å². The fourth-order valence-corrected chi connectivity index (χ4v) is 2.90. The van der Waals surface area contributed by atoms with Crippen molar-refractivity contribution in [1.29, 1.82) is 0 Å². The van der Waals surface area contributed by atoms with E-state index < -0.39 is 0 Å². The Bertz CT molecular complexity index is 744. The van der Waals surface area contributed by atoms with Crippen LogP contribution in [-0.4, -0.2) is 35.8 Å². The van der Waals surface area contributed by atoms with Gasteiger partial charge < -0.3 is 19.5 Å².